The van der Waals surface area contributed by atoms with Gasteiger partial charge in [0, 0.05) is 12.2 Å². The van der Waals surface area contributed by atoms with Crippen molar-refractivity contribution in [1.29, 1.82) is 0 Å². The molecule has 8 heteroatoms. The van der Waals surface area contributed by atoms with E-state index in [-0.39, 0.29) is 18.6 Å². The minimum atomic E-state index is -1.19. The van der Waals surface area contributed by atoms with Gasteiger partial charge in [-0.25, -0.2) is 4.79 Å². The Morgan fingerprint density at radius 3 is 2.30 bits per heavy atom. The quantitative estimate of drug-likeness (QED) is 0.386. The lowest BCUT2D eigenvalue weighted by molar-refractivity contribution is -0.155. The Hall–Kier alpha value is -1.28. The number of carbonyl (C=O) groups excluding carboxylic acids is 2. The number of carboxylic acid groups (broad SMARTS) is 1. The number of nitrogens with one attached hydrogen (secondary N) is 1. The predicted octanol–water partition coefficient (Wildman–Crippen LogP) is -0.0652. The van der Waals surface area contributed by atoms with Gasteiger partial charge in [-0.3, -0.25) is 9.59 Å². The van der Waals surface area contributed by atoms with Gasteiger partial charge in [-0.1, -0.05) is 0 Å². The van der Waals surface area contributed by atoms with Crippen molar-refractivity contribution >= 4 is 30.5 Å². The number of ether oxygens (including phenoxy) is 1. The van der Waals surface area contributed by atoms with Crippen LogP contribution >= 0.6 is 12.6 Å². The second kappa shape index (κ2) is 8.11. The number of carboxylic acids is 1. The van der Waals surface area contributed by atoms with Gasteiger partial charge in [0.05, 0.1) is 6.04 Å². The van der Waals surface area contributed by atoms with Crippen molar-refractivity contribution in [2.24, 2.45) is 5.73 Å². The van der Waals surface area contributed by atoms with Crippen LogP contribution in [0, 0.1) is 0 Å². The second-order valence-electron chi connectivity index (χ2n) is 5.31. The molecule has 0 aliphatic carbocycles. The molecule has 2 atom stereocenters. The molecule has 0 spiro atoms. The van der Waals surface area contributed by atoms with Gasteiger partial charge in [-0.15, -0.1) is 0 Å². The normalized spacial score (nSPS) is 14.2. The lowest BCUT2D eigenvalue weighted by Gasteiger charge is -2.20. The van der Waals surface area contributed by atoms with Crippen LogP contribution < -0.4 is 11.1 Å². The predicted molar refractivity (Wildman–Crippen MR) is 76.5 cm³/mol. The van der Waals surface area contributed by atoms with Crippen molar-refractivity contribution in [2.45, 2.75) is 51.3 Å². The summed E-state index contributed by atoms with van der Waals surface area (Å²) in [6, 6.07) is -2.07. The molecule has 116 valence electrons. The van der Waals surface area contributed by atoms with E-state index in [9.17, 15) is 14.4 Å². The van der Waals surface area contributed by atoms with E-state index in [1.807, 2.05) is 0 Å². The van der Waals surface area contributed by atoms with Gasteiger partial charge in [0.2, 0.25) is 5.91 Å². The standard InChI is InChI=1S/C12H22N2O5S/c1-12(2,3)19-9(15)5-4-7(13)10(16)14-8(6-20)11(17)18/h7-8,20H,4-6,13H2,1-3H3,(H,14,16)(H,17,18)/t7-,8-/m0/s1. The van der Waals surface area contributed by atoms with Crippen LogP contribution in [0.25, 0.3) is 0 Å². The summed E-state index contributed by atoms with van der Waals surface area (Å²) >= 11 is 3.82. The number of carbonyl (C=O) groups is 3. The molecule has 0 heterocycles. The highest BCUT2D eigenvalue weighted by molar-refractivity contribution is 7.80. The maximum atomic E-state index is 11.6. The number of esters is 1. The summed E-state index contributed by atoms with van der Waals surface area (Å²) in [5.74, 6) is -2.31. The average Bonchev–Trinajstić information content (AvgIpc) is 2.29. The number of hydrogen-bond donors (Lipinski definition) is 4. The molecule has 0 bridgehead atoms. The minimum absolute atomic E-state index is 0.00945. The minimum Gasteiger partial charge on any atom is -0.480 e. The SMILES string of the molecule is CC(C)(C)OC(=O)CC[C@H](N)C(=O)N[C@@H](CS)C(=O)O. The van der Waals surface area contributed by atoms with Crippen LogP contribution in [0.15, 0.2) is 0 Å². The maximum absolute atomic E-state index is 11.6. The first-order valence-electron chi connectivity index (χ1n) is 6.18. The van der Waals surface area contributed by atoms with E-state index in [0.29, 0.717) is 0 Å². The van der Waals surface area contributed by atoms with E-state index in [1.165, 1.54) is 0 Å². The molecule has 0 saturated carbocycles. The summed E-state index contributed by atoms with van der Waals surface area (Å²) in [6.07, 6.45) is 0.0735. The van der Waals surface area contributed by atoms with Gasteiger partial charge in [0.25, 0.3) is 0 Å². The third-order valence-electron chi connectivity index (χ3n) is 2.21. The van der Waals surface area contributed by atoms with Gasteiger partial charge >= 0.3 is 11.9 Å². The van der Waals surface area contributed by atoms with E-state index in [2.05, 4.69) is 17.9 Å². The Morgan fingerprint density at radius 2 is 1.90 bits per heavy atom. The highest BCUT2D eigenvalue weighted by atomic mass is 32.1. The Bertz CT molecular complexity index is 367. The second-order valence-corrected chi connectivity index (χ2v) is 5.68. The fraction of sp³-hybridized carbons (Fsp3) is 0.750. The first kappa shape index (κ1) is 18.7. The maximum Gasteiger partial charge on any atom is 0.327 e. The van der Waals surface area contributed by atoms with Crippen LogP contribution in [0.5, 0.6) is 0 Å². The third-order valence-corrected chi connectivity index (χ3v) is 2.58. The number of thiol groups is 1. The molecular formula is C12H22N2O5S. The number of rotatable bonds is 7. The molecule has 0 aliphatic heterocycles. The van der Waals surface area contributed by atoms with Gasteiger partial charge in [0.15, 0.2) is 0 Å². The molecule has 4 N–H and O–H groups in total. The zero-order chi connectivity index (χ0) is 15.9. The van der Waals surface area contributed by atoms with E-state index in [4.69, 9.17) is 15.6 Å². The van der Waals surface area contributed by atoms with Crippen LogP contribution in [0.1, 0.15) is 33.6 Å². The van der Waals surface area contributed by atoms with E-state index in [0.717, 1.165) is 0 Å². The Morgan fingerprint density at radius 1 is 1.35 bits per heavy atom. The number of aliphatic carboxylic acids is 1. The molecule has 20 heavy (non-hydrogen) atoms. The zero-order valence-electron chi connectivity index (χ0n) is 11.9. The van der Waals surface area contributed by atoms with Crippen LogP contribution in [-0.2, 0) is 19.1 Å². The molecule has 0 aromatic heterocycles. The molecular weight excluding hydrogens is 284 g/mol. The van der Waals surface area contributed by atoms with Crippen LogP contribution in [0.2, 0.25) is 0 Å². The molecule has 0 aromatic rings. The van der Waals surface area contributed by atoms with Crippen LogP contribution in [0.4, 0.5) is 0 Å². The summed E-state index contributed by atoms with van der Waals surface area (Å²) in [6.45, 7) is 5.21. The van der Waals surface area contributed by atoms with Crippen LogP contribution in [0.3, 0.4) is 0 Å². The summed E-state index contributed by atoms with van der Waals surface area (Å²) in [7, 11) is 0. The topological polar surface area (TPSA) is 119 Å². The molecule has 0 aromatic carbocycles. The smallest absolute Gasteiger partial charge is 0.327 e. The molecule has 1 amide bonds. The number of amides is 1. The zero-order valence-corrected chi connectivity index (χ0v) is 12.8. The molecule has 0 radical (unpaired) electrons. The first-order valence-corrected chi connectivity index (χ1v) is 6.81. The van der Waals surface area contributed by atoms with E-state index in [1.54, 1.807) is 20.8 Å². The molecule has 7 nitrogen and oxygen atoms in total. The molecule has 0 unspecified atom stereocenters. The van der Waals surface area contributed by atoms with Gasteiger partial charge in [-0.05, 0) is 27.2 Å². The number of hydrogen-bond acceptors (Lipinski definition) is 6. The van der Waals surface area contributed by atoms with Crippen molar-refractivity contribution in [3.63, 3.8) is 0 Å². The van der Waals surface area contributed by atoms with Crippen molar-refractivity contribution in [1.82, 2.24) is 5.32 Å². The molecule has 0 fully saturated rings. The summed E-state index contributed by atoms with van der Waals surface area (Å²) in [5.41, 5.74) is 5.00. The summed E-state index contributed by atoms with van der Waals surface area (Å²) < 4.78 is 5.08. The van der Waals surface area contributed by atoms with Gasteiger partial charge < -0.3 is 20.9 Å². The largest absolute Gasteiger partial charge is 0.480 e. The summed E-state index contributed by atoms with van der Waals surface area (Å²) in [4.78, 5) is 33.8. The fourth-order valence-corrected chi connectivity index (χ4v) is 1.51. The Kier molecular flexibility index (Phi) is 7.59. The van der Waals surface area contributed by atoms with Gasteiger partial charge in [0.1, 0.15) is 11.6 Å². The van der Waals surface area contributed by atoms with Crippen molar-refractivity contribution in [3.8, 4) is 0 Å². The average molecular weight is 306 g/mol. The number of nitrogens with two attached hydrogens (primary N) is 1. The van der Waals surface area contributed by atoms with Gasteiger partial charge in [-0.2, -0.15) is 12.6 Å². The Labute approximate surface area is 123 Å². The van der Waals surface area contributed by atoms with E-state index < -0.39 is 35.5 Å². The highest BCUT2D eigenvalue weighted by Crippen LogP contribution is 2.09. The highest BCUT2D eigenvalue weighted by Gasteiger charge is 2.23. The third kappa shape index (κ3) is 8.00. The Balaban J connectivity index is 4.21. The van der Waals surface area contributed by atoms with Crippen molar-refractivity contribution < 1.29 is 24.2 Å². The molecule has 0 saturated heterocycles. The lowest BCUT2D eigenvalue weighted by Crippen LogP contribution is -2.49. The van der Waals surface area contributed by atoms with E-state index >= 15 is 0 Å². The van der Waals surface area contributed by atoms with Crippen molar-refractivity contribution in [3.05, 3.63) is 0 Å². The summed E-state index contributed by atoms with van der Waals surface area (Å²) in [5, 5.41) is 11.0. The van der Waals surface area contributed by atoms with Crippen LogP contribution in [-0.4, -0.2) is 46.4 Å². The van der Waals surface area contributed by atoms with Crippen molar-refractivity contribution in [2.75, 3.05) is 5.75 Å². The first-order chi connectivity index (χ1) is 9.06. The molecule has 0 aliphatic rings. The molecule has 0 rings (SSSR count). The monoisotopic (exact) mass is 306 g/mol. The lowest BCUT2D eigenvalue weighted by atomic mass is 10.1. The fourth-order valence-electron chi connectivity index (χ4n) is 1.26.